The monoisotopic (exact) mass is 729 g/mol. The smallest absolute Gasteiger partial charge is 0.164 e. The molecule has 0 aliphatic heterocycles. The zero-order valence-corrected chi connectivity index (χ0v) is 30.5. The van der Waals surface area contributed by atoms with Crippen LogP contribution in [-0.4, -0.2) is 24.1 Å². The van der Waals surface area contributed by atoms with Crippen molar-refractivity contribution in [1.29, 1.82) is 0 Å². The molecule has 0 atom stereocenters. The minimum Gasteiger partial charge on any atom is -0.455 e. The van der Waals surface area contributed by atoms with Crippen molar-refractivity contribution >= 4 is 65.6 Å². The zero-order chi connectivity index (χ0) is 37.5. The second kappa shape index (κ2) is 12.3. The molecule has 266 valence electrons. The number of hydrogen-bond acceptors (Lipinski definition) is 4. The molecule has 0 unspecified atom stereocenters. The number of hydrogen-bond donors (Lipinski definition) is 0. The molecule has 8 aromatic carbocycles. The predicted molar refractivity (Wildman–Crippen MR) is 232 cm³/mol. The first-order chi connectivity index (χ1) is 28.3. The van der Waals surface area contributed by atoms with Gasteiger partial charge in [-0.05, 0) is 60.7 Å². The van der Waals surface area contributed by atoms with Crippen molar-refractivity contribution in [3.05, 3.63) is 188 Å². The van der Waals surface area contributed by atoms with Gasteiger partial charge in [-0.15, -0.1) is 0 Å². The molecule has 0 saturated heterocycles. The van der Waals surface area contributed by atoms with E-state index in [9.17, 15) is 0 Å². The SMILES string of the molecule is c1ccc(-c2nc(-c3ccccc3)nc(-c3ccc(-n4c5ccccc5c5ccc6c7c8oc9ccccc9c8ccc7n(-c7ccccc7)c6c54)cc3)n2)cc1. The molecule has 0 N–H and O–H groups in total. The fourth-order valence-electron chi connectivity index (χ4n) is 8.62. The van der Waals surface area contributed by atoms with Gasteiger partial charge in [0.05, 0.1) is 27.5 Å². The van der Waals surface area contributed by atoms with Crippen LogP contribution < -0.4 is 0 Å². The highest BCUT2D eigenvalue weighted by Crippen LogP contribution is 2.45. The molecule has 0 amide bonds. The molecule has 0 fully saturated rings. The maximum atomic E-state index is 6.70. The van der Waals surface area contributed by atoms with E-state index in [0.29, 0.717) is 17.5 Å². The Balaban J connectivity index is 1.12. The highest BCUT2D eigenvalue weighted by Gasteiger charge is 2.24. The Kier molecular flexibility index (Phi) is 6.83. The number of furan rings is 1. The quantitative estimate of drug-likeness (QED) is 0.177. The molecule has 4 aromatic heterocycles. The summed E-state index contributed by atoms with van der Waals surface area (Å²) in [4.78, 5) is 14.9. The predicted octanol–water partition coefficient (Wildman–Crippen LogP) is 13.0. The Bertz CT molecular complexity index is 3430. The first-order valence-corrected chi connectivity index (χ1v) is 19.1. The molecule has 12 aromatic rings. The second-order valence-corrected chi connectivity index (χ2v) is 14.4. The van der Waals surface area contributed by atoms with Crippen LogP contribution in [0.5, 0.6) is 0 Å². The summed E-state index contributed by atoms with van der Waals surface area (Å²) in [6.45, 7) is 0. The van der Waals surface area contributed by atoms with Crippen LogP contribution in [0.1, 0.15) is 0 Å². The highest BCUT2D eigenvalue weighted by molar-refractivity contribution is 6.29. The summed E-state index contributed by atoms with van der Waals surface area (Å²) >= 11 is 0. The second-order valence-electron chi connectivity index (χ2n) is 14.4. The maximum absolute atomic E-state index is 6.70. The molecule has 0 saturated carbocycles. The van der Waals surface area contributed by atoms with Gasteiger partial charge in [-0.3, -0.25) is 0 Å². The van der Waals surface area contributed by atoms with Crippen LogP contribution in [0.3, 0.4) is 0 Å². The van der Waals surface area contributed by atoms with E-state index in [1.165, 1.54) is 10.8 Å². The van der Waals surface area contributed by atoms with Crippen LogP contribution in [0, 0.1) is 0 Å². The van der Waals surface area contributed by atoms with Gasteiger partial charge in [-0.1, -0.05) is 127 Å². The zero-order valence-electron chi connectivity index (χ0n) is 30.5. The molecule has 0 aliphatic rings. The summed E-state index contributed by atoms with van der Waals surface area (Å²) in [5.41, 5.74) is 11.2. The van der Waals surface area contributed by atoms with E-state index in [4.69, 9.17) is 19.4 Å². The average molecular weight is 730 g/mol. The third kappa shape index (κ3) is 4.81. The van der Waals surface area contributed by atoms with E-state index >= 15 is 0 Å². The first kappa shape index (κ1) is 31.5. The fraction of sp³-hybridized carbons (Fsp3) is 0. The van der Waals surface area contributed by atoms with E-state index in [2.05, 4.69) is 130 Å². The molecule has 12 rings (SSSR count). The Morgan fingerprint density at radius 3 is 1.51 bits per heavy atom. The minimum absolute atomic E-state index is 0.623. The van der Waals surface area contributed by atoms with Crippen LogP contribution in [-0.2, 0) is 0 Å². The lowest BCUT2D eigenvalue weighted by Crippen LogP contribution is -2.01. The van der Waals surface area contributed by atoms with Gasteiger partial charge in [0.1, 0.15) is 11.2 Å². The van der Waals surface area contributed by atoms with Gasteiger partial charge >= 0.3 is 0 Å². The van der Waals surface area contributed by atoms with Gasteiger partial charge in [0.15, 0.2) is 17.5 Å². The third-order valence-corrected chi connectivity index (χ3v) is 11.2. The number of aromatic nitrogens is 5. The van der Waals surface area contributed by atoms with Crippen LogP contribution in [0.25, 0.3) is 111 Å². The van der Waals surface area contributed by atoms with Crippen molar-refractivity contribution in [3.8, 4) is 45.5 Å². The first-order valence-electron chi connectivity index (χ1n) is 19.1. The van der Waals surface area contributed by atoms with Gasteiger partial charge < -0.3 is 13.6 Å². The standard InChI is InChI=1S/C51H31N5O/c1-4-14-32(15-5-1)49-52-50(33-16-6-2-7-17-33)54-51(53-49)34-24-26-36(27-25-34)55-42-22-12-10-20-37(42)39-28-29-41-45-43(56(47(41)46(39)55)35-18-8-3-9-19-35)31-30-40-38-21-11-13-23-44(38)57-48(40)45/h1-31H. The molecule has 6 nitrogen and oxygen atoms in total. The molecule has 0 spiro atoms. The average Bonchev–Trinajstić information content (AvgIpc) is 3.95. The van der Waals surface area contributed by atoms with E-state index in [1.807, 2.05) is 66.7 Å². The summed E-state index contributed by atoms with van der Waals surface area (Å²) in [5.74, 6) is 1.90. The highest BCUT2D eigenvalue weighted by atomic mass is 16.3. The maximum Gasteiger partial charge on any atom is 0.164 e. The number of rotatable bonds is 5. The summed E-state index contributed by atoms with van der Waals surface area (Å²) in [7, 11) is 0. The van der Waals surface area contributed by atoms with E-state index in [-0.39, 0.29) is 0 Å². The number of nitrogens with zero attached hydrogens (tertiary/aromatic N) is 5. The summed E-state index contributed by atoms with van der Waals surface area (Å²) < 4.78 is 11.5. The molecule has 0 bridgehead atoms. The molecule has 6 heteroatoms. The Hall–Kier alpha value is -7.83. The van der Waals surface area contributed by atoms with Crippen LogP contribution in [0.15, 0.2) is 192 Å². The lowest BCUT2D eigenvalue weighted by Gasteiger charge is -2.13. The van der Waals surface area contributed by atoms with Crippen molar-refractivity contribution in [2.24, 2.45) is 0 Å². The van der Waals surface area contributed by atoms with E-state index in [0.717, 1.165) is 82.8 Å². The Labute approximate surface area is 326 Å². The number of fused-ring (bicyclic) bond motifs is 11. The molecular weight excluding hydrogens is 699 g/mol. The molecule has 0 radical (unpaired) electrons. The molecular formula is C51H31N5O. The van der Waals surface area contributed by atoms with Crippen LogP contribution >= 0.6 is 0 Å². The number of benzene rings is 8. The van der Waals surface area contributed by atoms with Gasteiger partial charge in [0, 0.05) is 55.0 Å². The normalized spacial score (nSPS) is 11.9. The number of para-hydroxylation sites is 3. The molecule has 4 heterocycles. The fourth-order valence-corrected chi connectivity index (χ4v) is 8.62. The topological polar surface area (TPSA) is 61.7 Å². The lowest BCUT2D eigenvalue weighted by atomic mass is 10.1. The van der Waals surface area contributed by atoms with Crippen molar-refractivity contribution in [3.63, 3.8) is 0 Å². The largest absolute Gasteiger partial charge is 0.455 e. The van der Waals surface area contributed by atoms with Gasteiger partial charge in [0.2, 0.25) is 0 Å². The van der Waals surface area contributed by atoms with E-state index in [1.54, 1.807) is 0 Å². The lowest BCUT2D eigenvalue weighted by molar-refractivity contribution is 0.673. The summed E-state index contributed by atoms with van der Waals surface area (Å²) in [6, 6.07) is 65.5. The molecule has 57 heavy (non-hydrogen) atoms. The van der Waals surface area contributed by atoms with Gasteiger partial charge in [-0.2, -0.15) is 0 Å². The Morgan fingerprint density at radius 1 is 0.333 bits per heavy atom. The van der Waals surface area contributed by atoms with Crippen molar-refractivity contribution in [2.75, 3.05) is 0 Å². The van der Waals surface area contributed by atoms with Crippen molar-refractivity contribution in [2.45, 2.75) is 0 Å². The Morgan fingerprint density at radius 2 is 0.825 bits per heavy atom. The van der Waals surface area contributed by atoms with E-state index < -0.39 is 0 Å². The summed E-state index contributed by atoms with van der Waals surface area (Å²) in [5, 5.41) is 6.85. The van der Waals surface area contributed by atoms with Crippen LogP contribution in [0.4, 0.5) is 0 Å². The van der Waals surface area contributed by atoms with Crippen LogP contribution in [0.2, 0.25) is 0 Å². The minimum atomic E-state index is 0.623. The molecule has 0 aliphatic carbocycles. The van der Waals surface area contributed by atoms with Gasteiger partial charge in [0.25, 0.3) is 0 Å². The van der Waals surface area contributed by atoms with Gasteiger partial charge in [-0.25, -0.2) is 15.0 Å². The third-order valence-electron chi connectivity index (χ3n) is 11.2. The van der Waals surface area contributed by atoms with Crippen molar-refractivity contribution in [1.82, 2.24) is 24.1 Å². The van der Waals surface area contributed by atoms with Crippen molar-refractivity contribution < 1.29 is 4.42 Å². The summed E-state index contributed by atoms with van der Waals surface area (Å²) in [6.07, 6.45) is 0.